The van der Waals surface area contributed by atoms with Crippen LogP contribution in [-0.4, -0.2) is 72.3 Å². The van der Waals surface area contributed by atoms with E-state index >= 15 is 4.39 Å². The Morgan fingerprint density at radius 3 is 2.92 bits per heavy atom. The molecule has 3 aliphatic heterocycles. The standard InChI is InChI=1S/C22H27ClFN2O10P/c1-3-31-21(29)35-18-16(34-19(22(18,2)24)26-9-7-17(27)25-20(26)28)12-33-37(30)32-10-8-15(36-37)13-5-4-6-14(23)11-13/h4-7,9,11,15-19,27H,3,8,10,12H2,1-2H3,(H,25,28)/t15-,16+,17?,18+,19+,22+,37+/m0/s1. The van der Waals surface area contributed by atoms with Gasteiger partial charge >= 0.3 is 20.0 Å². The van der Waals surface area contributed by atoms with Crippen LogP contribution >= 0.6 is 19.4 Å². The molecule has 2 saturated heterocycles. The molecule has 15 heteroatoms. The maximum absolute atomic E-state index is 16.1. The minimum Gasteiger partial charge on any atom is -0.435 e. The van der Waals surface area contributed by atoms with Gasteiger partial charge in [-0.15, -0.1) is 0 Å². The van der Waals surface area contributed by atoms with Crippen molar-refractivity contribution >= 4 is 31.6 Å². The Labute approximate surface area is 217 Å². The maximum atomic E-state index is 16.1. The molecule has 0 radical (unpaired) electrons. The number of hydrogen-bond acceptors (Lipinski definition) is 10. The molecule has 0 bridgehead atoms. The van der Waals surface area contributed by atoms with Gasteiger partial charge in [0, 0.05) is 17.6 Å². The van der Waals surface area contributed by atoms with Gasteiger partial charge in [0.15, 0.2) is 18.0 Å². The average molecular weight is 565 g/mol. The normalized spacial score (nSPS) is 35.8. The van der Waals surface area contributed by atoms with E-state index in [0.29, 0.717) is 17.0 Å². The van der Waals surface area contributed by atoms with Crippen molar-refractivity contribution in [2.45, 2.75) is 56.7 Å². The highest BCUT2D eigenvalue weighted by atomic mass is 35.5. The summed E-state index contributed by atoms with van der Waals surface area (Å²) in [5.74, 6) is 0. The van der Waals surface area contributed by atoms with E-state index in [2.05, 4.69) is 5.32 Å². The van der Waals surface area contributed by atoms with Crippen LogP contribution < -0.4 is 5.32 Å². The van der Waals surface area contributed by atoms with Crippen molar-refractivity contribution in [2.75, 3.05) is 19.8 Å². The number of nitrogens with zero attached hydrogens (tertiary/aromatic N) is 1. The summed E-state index contributed by atoms with van der Waals surface area (Å²) in [5.41, 5.74) is -1.81. The summed E-state index contributed by atoms with van der Waals surface area (Å²) in [6, 6.07) is 5.97. The Hall–Kier alpha value is -2.25. The molecule has 0 aromatic heterocycles. The summed E-state index contributed by atoms with van der Waals surface area (Å²) in [4.78, 5) is 25.3. The van der Waals surface area contributed by atoms with Crippen molar-refractivity contribution in [3.05, 3.63) is 47.1 Å². The third-order valence-electron chi connectivity index (χ3n) is 5.86. The topological polar surface area (TPSA) is 142 Å². The Morgan fingerprint density at radius 1 is 1.43 bits per heavy atom. The second-order valence-electron chi connectivity index (χ2n) is 8.56. The lowest BCUT2D eigenvalue weighted by Gasteiger charge is -2.34. The zero-order valence-corrected chi connectivity index (χ0v) is 21.6. The molecule has 7 atom stereocenters. The number of benzene rings is 1. The average Bonchev–Trinajstić information content (AvgIpc) is 3.07. The van der Waals surface area contributed by atoms with E-state index in [9.17, 15) is 19.3 Å². The predicted octanol–water partition coefficient (Wildman–Crippen LogP) is 3.79. The zero-order chi connectivity index (χ0) is 26.8. The lowest BCUT2D eigenvalue weighted by molar-refractivity contribution is -0.0774. The van der Waals surface area contributed by atoms with Gasteiger partial charge in [0.05, 0.1) is 25.9 Å². The van der Waals surface area contributed by atoms with Gasteiger partial charge in [-0.3, -0.25) is 18.5 Å². The summed E-state index contributed by atoms with van der Waals surface area (Å²) in [6.45, 7) is 2.04. The van der Waals surface area contributed by atoms with E-state index in [0.717, 1.165) is 18.0 Å². The lowest BCUT2D eigenvalue weighted by Crippen LogP contribution is -2.56. The zero-order valence-electron chi connectivity index (χ0n) is 20.0. The molecule has 3 heterocycles. The molecule has 3 aliphatic rings. The van der Waals surface area contributed by atoms with Gasteiger partial charge in [-0.2, -0.15) is 0 Å². The van der Waals surface area contributed by atoms with Crippen LogP contribution in [0, 0.1) is 0 Å². The highest BCUT2D eigenvalue weighted by molar-refractivity contribution is 7.48. The first-order valence-corrected chi connectivity index (χ1v) is 13.3. The SMILES string of the molecule is CCOC(=O)O[C@@H]1[C@@H](CO[P@@]2(=O)OCC[C@@H](c3cccc(Cl)c3)O2)O[C@@H](N2C=CC(O)NC2=O)[C@]1(C)F. The first-order chi connectivity index (χ1) is 17.5. The minimum atomic E-state index is -4.15. The summed E-state index contributed by atoms with van der Waals surface area (Å²) < 4.78 is 61.3. The van der Waals surface area contributed by atoms with E-state index in [1.165, 1.54) is 6.08 Å². The summed E-state index contributed by atoms with van der Waals surface area (Å²) >= 11 is 6.04. The van der Waals surface area contributed by atoms with Gasteiger partial charge in [0.1, 0.15) is 12.3 Å². The predicted molar refractivity (Wildman–Crippen MR) is 125 cm³/mol. The molecule has 0 spiro atoms. The van der Waals surface area contributed by atoms with Crippen molar-refractivity contribution in [3.63, 3.8) is 0 Å². The van der Waals surface area contributed by atoms with Crippen molar-refractivity contribution in [1.29, 1.82) is 0 Å². The highest BCUT2D eigenvalue weighted by Crippen LogP contribution is 2.57. The van der Waals surface area contributed by atoms with E-state index in [4.69, 9.17) is 39.4 Å². The van der Waals surface area contributed by atoms with Crippen LogP contribution in [0.4, 0.5) is 14.0 Å². The number of phosphoric ester groups is 1. The summed E-state index contributed by atoms with van der Waals surface area (Å²) in [6.07, 6.45) is -4.93. The van der Waals surface area contributed by atoms with Crippen LogP contribution in [0.3, 0.4) is 0 Å². The molecule has 2 N–H and O–H groups in total. The molecule has 0 aliphatic carbocycles. The lowest BCUT2D eigenvalue weighted by atomic mass is 9.97. The number of halogens is 2. The number of nitrogens with one attached hydrogen (secondary N) is 1. The van der Waals surface area contributed by atoms with Crippen LogP contribution in [-0.2, 0) is 32.3 Å². The van der Waals surface area contributed by atoms with E-state index in [-0.39, 0.29) is 13.2 Å². The third kappa shape index (κ3) is 6.26. The molecular formula is C22H27ClFN2O10P. The van der Waals surface area contributed by atoms with Gasteiger partial charge in [-0.25, -0.2) is 18.5 Å². The molecular weight excluding hydrogens is 538 g/mol. The minimum absolute atomic E-state index is 0.0308. The van der Waals surface area contributed by atoms with Crippen LogP contribution in [0.2, 0.25) is 5.02 Å². The molecule has 4 rings (SSSR count). The number of carbonyl (C=O) groups excluding carboxylic acids is 2. The fourth-order valence-corrected chi connectivity index (χ4v) is 5.73. The smallest absolute Gasteiger partial charge is 0.435 e. The van der Waals surface area contributed by atoms with Crippen molar-refractivity contribution < 1.29 is 51.4 Å². The number of phosphoric acid groups is 1. The summed E-state index contributed by atoms with van der Waals surface area (Å²) in [7, 11) is -4.15. The number of carbonyl (C=O) groups is 2. The Morgan fingerprint density at radius 2 is 2.22 bits per heavy atom. The second-order valence-corrected chi connectivity index (χ2v) is 10.6. The third-order valence-corrected chi connectivity index (χ3v) is 7.57. The van der Waals surface area contributed by atoms with E-state index in [1.807, 2.05) is 0 Å². The van der Waals surface area contributed by atoms with Crippen LogP contribution in [0.1, 0.15) is 31.9 Å². The Kier molecular flexibility index (Phi) is 8.44. The molecule has 1 unspecified atom stereocenters. The molecule has 37 heavy (non-hydrogen) atoms. The molecule has 2 amide bonds. The van der Waals surface area contributed by atoms with Crippen molar-refractivity contribution in [3.8, 4) is 0 Å². The molecule has 1 aromatic rings. The molecule has 204 valence electrons. The fraction of sp³-hybridized carbons (Fsp3) is 0.545. The molecule has 2 fully saturated rings. The number of aliphatic hydroxyl groups is 1. The highest BCUT2D eigenvalue weighted by Gasteiger charge is 2.60. The van der Waals surface area contributed by atoms with E-state index < -0.39 is 63.1 Å². The molecule has 12 nitrogen and oxygen atoms in total. The maximum Gasteiger partial charge on any atom is 0.508 e. The van der Waals surface area contributed by atoms with Crippen molar-refractivity contribution in [1.82, 2.24) is 10.2 Å². The number of amides is 2. The van der Waals surface area contributed by atoms with Gasteiger partial charge in [-0.05, 0) is 37.6 Å². The van der Waals surface area contributed by atoms with E-state index in [1.54, 1.807) is 31.2 Å². The first-order valence-electron chi connectivity index (χ1n) is 11.5. The number of ether oxygens (including phenoxy) is 3. The quantitative estimate of drug-likeness (QED) is 0.371. The Bertz CT molecular complexity index is 1090. The number of alkyl halides is 1. The van der Waals surface area contributed by atoms with Crippen LogP contribution in [0.5, 0.6) is 0 Å². The number of hydrogen-bond donors (Lipinski definition) is 2. The van der Waals surface area contributed by atoms with Crippen LogP contribution in [0.15, 0.2) is 36.5 Å². The van der Waals surface area contributed by atoms with Gasteiger partial charge in [0.25, 0.3) is 0 Å². The van der Waals surface area contributed by atoms with Crippen LogP contribution in [0.25, 0.3) is 0 Å². The number of aliphatic hydroxyl groups excluding tert-OH is 1. The second kappa shape index (κ2) is 11.2. The fourth-order valence-electron chi connectivity index (χ4n) is 4.14. The van der Waals surface area contributed by atoms with Gasteiger partial charge in [-0.1, -0.05) is 23.7 Å². The van der Waals surface area contributed by atoms with Crippen molar-refractivity contribution in [2.24, 2.45) is 0 Å². The first kappa shape index (κ1) is 27.8. The number of rotatable bonds is 7. The summed E-state index contributed by atoms with van der Waals surface area (Å²) in [5, 5.41) is 12.2. The number of urea groups is 1. The van der Waals surface area contributed by atoms with Gasteiger partial charge in [0.2, 0.25) is 0 Å². The molecule has 0 saturated carbocycles. The largest absolute Gasteiger partial charge is 0.508 e. The van der Waals surface area contributed by atoms with Gasteiger partial charge < -0.3 is 24.6 Å². The monoisotopic (exact) mass is 564 g/mol. The Balaban J connectivity index is 1.51. The molecule has 1 aromatic carbocycles.